The standard InChI is InChI=1S/C19H29N3O3/c1-4-20(5-2)19(24)10-11-22(16(3)23)18-9-7-6-8-17(18)21-12-14-25-15-13-21/h6-9H,4-5,10-15H2,1-3H3. The second kappa shape index (κ2) is 9.42. The van der Waals surface area contributed by atoms with Crippen LogP contribution in [0.25, 0.3) is 0 Å². The van der Waals surface area contributed by atoms with Crippen LogP contribution < -0.4 is 9.80 Å². The third-order valence-electron chi connectivity index (χ3n) is 4.57. The molecule has 1 saturated heterocycles. The van der Waals surface area contributed by atoms with Crippen molar-refractivity contribution in [3.05, 3.63) is 24.3 Å². The van der Waals surface area contributed by atoms with E-state index in [1.54, 1.807) is 16.7 Å². The third-order valence-corrected chi connectivity index (χ3v) is 4.57. The van der Waals surface area contributed by atoms with E-state index in [2.05, 4.69) is 4.90 Å². The van der Waals surface area contributed by atoms with E-state index in [4.69, 9.17) is 4.74 Å². The molecule has 0 atom stereocenters. The number of hydrogen-bond acceptors (Lipinski definition) is 4. The largest absolute Gasteiger partial charge is 0.378 e. The summed E-state index contributed by atoms with van der Waals surface area (Å²) in [5.74, 6) is 0.0353. The molecule has 2 rings (SSSR count). The molecule has 0 spiro atoms. The van der Waals surface area contributed by atoms with Gasteiger partial charge in [-0.15, -0.1) is 0 Å². The molecule has 1 aliphatic rings. The van der Waals surface area contributed by atoms with Crippen LogP contribution in [-0.2, 0) is 14.3 Å². The van der Waals surface area contributed by atoms with E-state index < -0.39 is 0 Å². The Labute approximate surface area is 150 Å². The number of ether oxygens (including phenoxy) is 1. The first-order chi connectivity index (χ1) is 12.1. The van der Waals surface area contributed by atoms with E-state index in [9.17, 15) is 9.59 Å². The quantitative estimate of drug-likeness (QED) is 0.758. The van der Waals surface area contributed by atoms with Gasteiger partial charge in [-0.1, -0.05) is 12.1 Å². The number of morpholine rings is 1. The molecule has 6 nitrogen and oxygen atoms in total. The van der Waals surface area contributed by atoms with Gasteiger partial charge in [-0.2, -0.15) is 0 Å². The van der Waals surface area contributed by atoms with Gasteiger partial charge in [-0.3, -0.25) is 9.59 Å². The molecule has 0 N–H and O–H groups in total. The first-order valence-corrected chi connectivity index (χ1v) is 9.06. The lowest BCUT2D eigenvalue weighted by Gasteiger charge is -2.33. The summed E-state index contributed by atoms with van der Waals surface area (Å²) in [7, 11) is 0. The fourth-order valence-corrected chi connectivity index (χ4v) is 3.15. The van der Waals surface area contributed by atoms with Crippen LogP contribution >= 0.6 is 0 Å². The fourth-order valence-electron chi connectivity index (χ4n) is 3.15. The Bertz CT molecular complexity index is 581. The zero-order chi connectivity index (χ0) is 18.2. The minimum absolute atomic E-state index is 0.0481. The molecule has 1 aromatic carbocycles. The molecule has 0 aromatic heterocycles. The van der Waals surface area contributed by atoms with Gasteiger partial charge in [0.2, 0.25) is 11.8 Å². The maximum absolute atomic E-state index is 12.3. The highest BCUT2D eigenvalue weighted by Crippen LogP contribution is 2.30. The van der Waals surface area contributed by atoms with Crippen molar-refractivity contribution in [2.45, 2.75) is 27.2 Å². The van der Waals surface area contributed by atoms with Crippen LogP contribution in [0.4, 0.5) is 11.4 Å². The number of para-hydroxylation sites is 2. The first-order valence-electron chi connectivity index (χ1n) is 9.06. The molecule has 6 heteroatoms. The van der Waals surface area contributed by atoms with E-state index in [1.165, 1.54) is 0 Å². The number of rotatable bonds is 7. The van der Waals surface area contributed by atoms with Crippen LogP contribution in [0, 0.1) is 0 Å². The Morgan fingerprint density at radius 3 is 2.36 bits per heavy atom. The summed E-state index contributed by atoms with van der Waals surface area (Å²) in [5, 5.41) is 0. The average Bonchev–Trinajstić information content (AvgIpc) is 2.64. The second-order valence-corrected chi connectivity index (χ2v) is 6.07. The number of benzene rings is 1. The van der Waals surface area contributed by atoms with Crippen LogP contribution in [0.2, 0.25) is 0 Å². The summed E-state index contributed by atoms with van der Waals surface area (Å²) in [6.45, 7) is 10.3. The summed E-state index contributed by atoms with van der Waals surface area (Å²) in [5.41, 5.74) is 1.89. The lowest BCUT2D eigenvalue weighted by atomic mass is 10.2. The second-order valence-electron chi connectivity index (χ2n) is 6.07. The summed E-state index contributed by atoms with van der Waals surface area (Å²) in [6, 6.07) is 7.89. The topological polar surface area (TPSA) is 53.1 Å². The number of carbonyl (C=O) groups excluding carboxylic acids is 2. The van der Waals surface area contributed by atoms with Gasteiger partial charge in [-0.05, 0) is 26.0 Å². The van der Waals surface area contributed by atoms with Crippen molar-refractivity contribution >= 4 is 23.2 Å². The first kappa shape index (κ1) is 19.2. The van der Waals surface area contributed by atoms with Crippen LogP contribution in [0.1, 0.15) is 27.2 Å². The molecule has 1 fully saturated rings. The minimum atomic E-state index is -0.0481. The Morgan fingerprint density at radius 2 is 1.76 bits per heavy atom. The van der Waals surface area contributed by atoms with Gasteiger partial charge in [0.05, 0.1) is 24.6 Å². The lowest BCUT2D eigenvalue weighted by molar-refractivity contribution is -0.130. The highest BCUT2D eigenvalue weighted by Gasteiger charge is 2.21. The van der Waals surface area contributed by atoms with Crippen molar-refractivity contribution in [1.82, 2.24) is 4.90 Å². The summed E-state index contributed by atoms with van der Waals surface area (Å²) >= 11 is 0. The average molecular weight is 347 g/mol. The van der Waals surface area contributed by atoms with Crippen LogP contribution in [0.15, 0.2) is 24.3 Å². The molecule has 1 aliphatic heterocycles. The van der Waals surface area contributed by atoms with Crippen LogP contribution in [-0.4, -0.2) is 62.7 Å². The predicted molar refractivity (Wildman–Crippen MR) is 100 cm³/mol. The molecular weight excluding hydrogens is 318 g/mol. The summed E-state index contributed by atoms with van der Waals surface area (Å²) in [6.07, 6.45) is 0.332. The Morgan fingerprint density at radius 1 is 1.12 bits per heavy atom. The van der Waals surface area contributed by atoms with Crippen LogP contribution in [0.5, 0.6) is 0 Å². The SMILES string of the molecule is CCN(CC)C(=O)CCN(C(C)=O)c1ccccc1N1CCOCC1. The highest BCUT2D eigenvalue weighted by atomic mass is 16.5. The molecule has 1 heterocycles. The Kier molecular flexibility index (Phi) is 7.25. The van der Waals surface area contributed by atoms with Crippen LogP contribution in [0.3, 0.4) is 0 Å². The summed E-state index contributed by atoms with van der Waals surface area (Å²) in [4.78, 5) is 30.3. The molecule has 0 unspecified atom stereocenters. The molecule has 0 saturated carbocycles. The number of anilines is 2. The zero-order valence-electron chi connectivity index (χ0n) is 15.5. The van der Waals surface area contributed by atoms with Crippen molar-refractivity contribution < 1.29 is 14.3 Å². The van der Waals surface area contributed by atoms with Crippen molar-refractivity contribution in [1.29, 1.82) is 0 Å². The number of carbonyl (C=O) groups is 2. The monoisotopic (exact) mass is 347 g/mol. The van der Waals surface area contributed by atoms with E-state index in [0.717, 1.165) is 24.5 Å². The van der Waals surface area contributed by atoms with E-state index in [-0.39, 0.29) is 11.8 Å². The fraction of sp³-hybridized carbons (Fsp3) is 0.579. The van der Waals surface area contributed by atoms with Gasteiger partial charge in [-0.25, -0.2) is 0 Å². The zero-order valence-corrected chi connectivity index (χ0v) is 15.5. The van der Waals surface area contributed by atoms with Crippen molar-refractivity contribution in [2.24, 2.45) is 0 Å². The number of amides is 2. The number of hydrogen-bond donors (Lipinski definition) is 0. The van der Waals surface area contributed by atoms with Gasteiger partial charge in [0.1, 0.15) is 0 Å². The summed E-state index contributed by atoms with van der Waals surface area (Å²) < 4.78 is 5.43. The minimum Gasteiger partial charge on any atom is -0.378 e. The molecule has 1 aromatic rings. The van der Waals surface area contributed by atoms with E-state index in [0.29, 0.717) is 39.3 Å². The highest BCUT2D eigenvalue weighted by molar-refractivity contribution is 5.96. The molecular formula is C19H29N3O3. The third kappa shape index (κ3) is 4.95. The van der Waals surface area contributed by atoms with Crippen molar-refractivity contribution in [2.75, 3.05) is 55.7 Å². The van der Waals surface area contributed by atoms with Gasteiger partial charge < -0.3 is 19.4 Å². The molecule has 0 aliphatic carbocycles. The molecule has 0 radical (unpaired) electrons. The van der Waals surface area contributed by atoms with Gasteiger partial charge >= 0.3 is 0 Å². The van der Waals surface area contributed by atoms with E-state index >= 15 is 0 Å². The molecule has 0 bridgehead atoms. The Balaban J connectivity index is 2.17. The molecule has 2 amide bonds. The molecule has 138 valence electrons. The maximum atomic E-state index is 12.3. The van der Waals surface area contributed by atoms with Gasteiger partial charge in [0.25, 0.3) is 0 Å². The van der Waals surface area contributed by atoms with Crippen molar-refractivity contribution in [3.63, 3.8) is 0 Å². The van der Waals surface area contributed by atoms with Crippen molar-refractivity contribution in [3.8, 4) is 0 Å². The normalized spacial score (nSPS) is 14.3. The molecule has 25 heavy (non-hydrogen) atoms. The van der Waals surface area contributed by atoms with Gasteiger partial charge in [0, 0.05) is 46.1 Å². The predicted octanol–water partition coefficient (Wildman–Crippen LogP) is 2.13. The van der Waals surface area contributed by atoms with E-state index in [1.807, 2.05) is 38.1 Å². The maximum Gasteiger partial charge on any atom is 0.224 e. The lowest BCUT2D eigenvalue weighted by Crippen LogP contribution is -2.39. The Hall–Kier alpha value is -2.08. The number of nitrogens with zero attached hydrogens (tertiary/aromatic N) is 3. The van der Waals surface area contributed by atoms with Gasteiger partial charge in [0.15, 0.2) is 0 Å². The smallest absolute Gasteiger partial charge is 0.224 e.